The lowest BCUT2D eigenvalue weighted by atomic mass is 9.95. The molecular formula is C28H38N4O3. The Balaban J connectivity index is 1.52. The number of fused-ring (bicyclic) bond motifs is 1. The van der Waals surface area contributed by atoms with Crippen LogP contribution in [0.1, 0.15) is 59.6 Å². The smallest absolute Gasteiger partial charge is 0.254 e. The third kappa shape index (κ3) is 5.68. The van der Waals surface area contributed by atoms with Crippen LogP contribution in [0.5, 0.6) is 0 Å². The Morgan fingerprint density at radius 1 is 1.17 bits per heavy atom. The van der Waals surface area contributed by atoms with Crippen molar-refractivity contribution in [3.8, 4) is 0 Å². The number of para-hydroxylation sites is 1. The molecule has 1 aromatic carbocycles. The van der Waals surface area contributed by atoms with Crippen LogP contribution >= 0.6 is 0 Å². The maximum atomic E-state index is 13.4. The van der Waals surface area contributed by atoms with Crippen LogP contribution < -0.4 is 10.9 Å². The minimum Gasteiger partial charge on any atom is -0.389 e. The van der Waals surface area contributed by atoms with Crippen molar-refractivity contribution in [2.45, 2.75) is 66.2 Å². The molecule has 1 amide bonds. The van der Waals surface area contributed by atoms with Crippen molar-refractivity contribution in [1.82, 2.24) is 19.8 Å². The molecule has 3 heterocycles. The quantitative estimate of drug-likeness (QED) is 0.483. The molecule has 188 valence electrons. The van der Waals surface area contributed by atoms with Gasteiger partial charge in [0.1, 0.15) is 0 Å². The fraction of sp³-hybridized carbons (Fsp3) is 0.500. The summed E-state index contributed by atoms with van der Waals surface area (Å²) in [5.74, 6) is 0.365. The Hall–Kier alpha value is -2.90. The molecule has 1 fully saturated rings. The number of carbonyl (C=O) groups excluding carboxylic acids is 1. The van der Waals surface area contributed by atoms with E-state index in [1.165, 1.54) is 0 Å². The van der Waals surface area contributed by atoms with E-state index in [4.69, 9.17) is 0 Å². The predicted molar refractivity (Wildman–Crippen MR) is 140 cm³/mol. The van der Waals surface area contributed by atoms with E-state index in [-0.39, 0.29) is 18.0 Å². The van der Waals surface area contributed by atoms with Crippen LogP contribution in [-0.4, -0.2) is 50.7 Å². The topological polar surface area (TPSA) is 90.4 Å². The molecule has 1 saturated heterocycles. The van der Waals surface area contributed by atoms with E-state index in [9.17, 15) is 14.7 Å². The van der Waals surface area contributed by atoms with E-state index >= 15 is 0 Å². The summed E-state index contributed by atoms with van der Waals surface area (Å²) in [5, 5.41) is 14.1. The number of rotatable bonds is 7. The number of aryl methyl sites for hydroxylation is 2. The van der Waals surface area contributed by atoms with Crippen LogP contribution in [0.2, 0.25) is 0 Å². The van der Waals surface area contributed by atoms with Crippen LogP contribution in [0.3, 0.4) is 0 Å². The number of pyridine rings is 1. The number of nitrogens with one attached hydrogen (secondary N) is 2. The average Bonchev–Trinajstić information content (AvgIpc) is 3.04. The maximum Gasteiger partial charge on any atom is 0.254 e. The summed E-state index contributed by atoms with van der Waals surface area (Å²) >= 11 is 0. The van der Waals surface area contributed by atoms with Crippen LogP contribution in [0.15, 0.2) is 35.1 Å². The van der Waals surface area contributed by atoms with Gasteiger partial charge >= 0.3 is 0 Å². The average molecular weight is 479 g/mol. The number of aliphatic hydroxyl groups is 1. The molecule has 3 aromatic rings. The first-order chi connectivity index (χ1) is 16.5. The number of aromatic nitrogens is 2. The molecule has 35 heavy (non-hydrogen) atoms. The molecule has 0 saturated carbocycles. The van der Waals surface area contributed by atoms with Gasteiger partial charge in [-0.05, 0) is 84.2 Å². The zero-order valence-electron chi connectivity index (χ0n) is 21.6. The highest BCUT2D eigenvalue weighted by Crippen LogP contribution is 2.29. The molecule has 7 heteroatoms. The van der Waals surface area contributed by atoms with Gasteiger partial charge in [-0.3, -0.25) is 9.59 Å². The van der Waals surface area contributed by atoms with Crippen LogP contribution in [-0.2, 0) is 13.1 Å². The summed E-state index contributed by atoms with van der Waals surface area (Å²) in [7, 11) is 0. The van der Waals surface area contributed by atoms with Gasteiger partial charge in [-0.15, -0.1) is 0 Å². The normalized spacial score (nSPS) is 15.6. The number of H-pyrrole nitrogens is 1. The van der Waals surface area contributed by atoms with Crippen LogP contribution in [0.4, 0.5) is 0 Å². The van der Waals surface area contributed by atoms with Gasteiger partial charge in [0.25, 0.3) is 11.5 Å². The Labute approximate surface area is 207 Å². The first-order valence-corrected chi connectivity index (χ1v) is 12.5. The number of nitrogens with zero attached hydrogens (tertiary/aromatic N) is 2. The fourth-order valence-corrected chi connectivity index (χ4v) is 5.44. The molecule has 0 unspecified atom stereocenters. The van der Waals surface area contributed by atoms with Crippen molar-refractivity contribution in [3.05, 3.63) is 68.8 Å². The summed E-state index contributed by atoms with van der Waals surface area (Å²) in [6, 6.07) is 9.99. The largest absolute Gasteiger partial charge is 0.389 e. The molecule has 0 atom stereocenters. The number of hydrogen-bond donors (Lipinski definition) is 3. The van der Waals surface area contributed by atoms with Gasteiger partial charge in [0.15, 0.2) is 0 Å². The van der Waals surface area contributed by atoms with Crippen LogP contribution in [0.25, 0.3) is 10.9 Å². The molecule has 0 spiro atoms. The molecule has 3 N–H and O–H groups in total. The number of piperidine rings is 1. The SMILES string of the molecule is Cc1cc(C)c(CNC(=O)c2c(C)n(CC3CCN(CC(C)(C)O)CC3)c3ccccc23)c(=O)[nH]1. The number of benzene rings is 1. The number of aromatic amines is 1. The maximum absolute atomic E-state index is 13.4. The van der Waals surface area contributed by atoms with Crippen molar-refractivity contribution in [2.75, 3.05) is 19.6 Å². The van der Waals surface area contributed by atoms with Crippen LogP contribution in [0, 0.1) is 26.7 Å². The molecule has 0 radical (unpaired) electrons. The minimum absolute atomic E-state index is 0.155. The Kier molecular flexibility index (Phi) is 7.20. The van der Waals surface area contributed by atoms with Crippen molar-refractivity contribution >= 4 is 16.8 Å². The molecule has 4 rings (SSSR count). The van der Waals surface area contributed by atoms with Crippen molar-refractivity contribution in [1.29, 1.82) is 0 Å². The first kappa shape index (κ1) is 25.2. The highest BCUT2D eigenvalue weighted by Gasteiger charge is 2.26. The van der Waals surface area contributed by atoms with Gasteiger partial charge in [0.05, 0.1) is 11.2 Å². The Morgan fingerprint density at radius 3 is 2.51 bits per heavy atom. The summed E-state index contributed by atoms with van der Waals surface area (Å²) in [4.78, 5) is 30.9. The molecule has 1 aliphatic heterocycles. The van der Waals surface area contributed by atoms with E-state index in [1.807, 2.05) is 58.9 Å². The lowest BCUT2D eigenvalue weighted by molar-refractivity contribution is 0.0235. The second-order valence-corrected chi connectivity index (χ2v) is 10.7. The summed E-state index contributed by atoms with van der Waals surface area (Å²) in [6.07, 6.45) is 2.14. The summed E-state index contributed by atoms with van der Waals surface area (Å²) in [5.41, 5.74) is 4.15. The molecule has 7 nitrogen and oxygen atoms in total. The third-order valence-corrected chi connectivity index (χ3v) is 7.14. The van der Waals surface area contributed by atoms with Crippen molar-refractivity contribution in [3.63, 3.8) is 0 Å². The van der Waals surface area contributed by atoms with Gasteiger partial charge in [-0.25, -0.2) is 0 Å². The lowest BCUT2D eigenvalue weighted by Gasteiger charge is -2.35. The number of likely N-dealkylation sites (tertiary alicyclic amines) is 1. The summed E-state index contributed by atoms with van der Waals surface area (Å²) in [6.45, 7) is 13.2. The standard InChI is InChI=1S/C28H38N4O3/c1-18-14-19(2)30-26(33)23(18)15-29-27(34)25-20(3)32(24-9-7-6-8-22(24)25)16-21-10-12-31(13-11-21)17-28(4,5)35/h6-9,14,21,35H,10-13,15-17H2,1-5H3,(H,29,34)(H,30,33). The second kappa shape index (κ2) is 9.99. The van der Waals surface area contributed by atoms with Crippen molar-refractivity contribution in [2.24, 2.45) is 5.92 Å². The summed E-state index contributed by atoms with van der Waals surface area (Å²) < 4.78 is 2.28. The number of amides is 1. The predicted octanol–water partition coefficient (Wildman–Crippen LogP) is 3.67. The zero-order chi connectivity index (χ0) is 25.3. The highest BCUT2D eigenvalue weighted by atomic mass is 16.3. The Bertz CT molecular complexity index is 1270. The second-order valence-electron chi connectivity index (χ2n) is 10.7. The van der Waals surface area contributed by atoms with E-state index in [1.54, 1.807) is 0 Å². The van der Waals surface area contributed by atoms with Gasteiger partial charge < -0.3 is 24.9 Å². The molecule has 0 aliphatic carbocycles. The molecular weight excluding hydrogens is 440 g/mol. The van der Waals surface area contributed by atoms with E-state index in [0.717, 1.165) is 60.3 Å². The Morgan fingerprint density at radius 2 is 1.86 bits per heavy atom. The molecule has 1 aliphatic rings. The highest BCUT2D eigenvalue weighted by molar-refractivity contribution is 6.08. The molecule has 0 bridgehead atoms. The van der Waals surface area contributed by atoms with Gasteiger partial charge in [-0.2, -0.15) is 0 Å². The van der Waals surface area contributed by atoms with Crippen molar-refractivity contribution < 1.29 is 9.90 Å². The molecule has 2 aromatic heterocycles. The third-order valence-electron chi connectivity index (χ3n) is 7.14. The van der Waals surface area contributed by atoms with E-state index < -0.39 is 5.60 Å². The van der Waals surface area contributed by atoms with Gasteiger partial charge in [0, 0.05) is 47.5 Å². The van der Waals surface area contributed by atoms with Gasteiger partial charge in [-0.1, -0.05) is 18.2 Å². The number of hydrogen-bond acceptors (Lipinski definition) is 4. The van der Waals surface area contributed by atoms with E-state index in [0.29, 0.717) is 23.6 Å². The first-order valence-electron chi connectivity index (χ1n) is 12.5. The van der Waals surface area contributed by atoms with Gasteiger partial charge in [0.2, 0.25) is 0 Å². The monoisotopic (exact) mass is 478 g/mol. The number of β-amino-alcohol motifs (C(OH)–C–C–N with tert-alkyl or cyclic N) is 1. The minimum atomic E-state index is -0.676. The number of carbonyl (C=O) groups is 1. The van der Waals surface area contributed by atoms with E-state index in [2.05, 4.69) is 25.8 Å². The lowest BCUT2D eigenvalue weighted by Crippen LogP contribution is -2.43. The fourth-order valence-electron chi connectivity index (χ4n) is 5.44. The zero-order valence-corrected chi connectivity index (χ0v) is 21.6.